The average molecular weight is 709 g/mol. The summed E-state index contributed by atoms with van der Waals surface area (Å²) in [6.07, 6.45) is 4.02. The summed E-state index contributed by atoms with van der Waals surface area (Å²) in [5.41, 5.74) is 14.8. The standard InChI is InChI=1S/C49H48N4O/c1-9-15-35-22-23-50-45(26-35)52-43-19-14-13-18-41(43)42-21-20-39(30-44(42)52)54-40-28-37(49(6,7)8)27-38(29-40)53-48(36-16-11-10-12-17-36)47(34(5)51-53)46-32(3)24-31(2)25-33(46)4/h10-14,16-30H,9,15H2,1-8H3. The number of benzene rings is 5. The lowest BCUT2D eigenvalue weighted by molar-refractivity contribution is 0.478. The molecule has 5 heteroatoms. The molecule has 0 unspecified atom stereocenters. The van der Waals surface area contributed by atoms with Crippen molar-refractivity contribution in [3.8, 4) is 45.4 Å². The Bertz CT molecular complexity index is 2650. The fourth-order valence-electron chi connectivity index (χ4n) is 8.07. The normalized spacial score (nSPS) is 11.9. The summed E-state index contributed by atoms with van der Waals surface area (Å²) in [4.78, 5) is 4.85. The van der Waals surface area contributed by atoms with Crippen LogP contribution in [0.4, 0.5) is 0 Å². The molecule has 0 N–H and O–H groups in total. The van der Waals surface area contributed by atoms with Crippen molar-refractivity contribution in [2.24, 2.45) is 0 Å². The predicted octanol–water partition coefficient (Wildman–Crippen LogP) is 13.0. The molecule has 0 aliphatic carbocycles. The number of para-hydroxylation sites is 1. The second kappa shape index (κ2) is 13.8. The van der Waals surface area contributed by atoms with Crippen LogP contribution < -0.4 is 4.74 Å². The zero-order valence-corrected chi connectivity index (χ0v) is 32.7. The quantitative estimate of drug-likeness (QED) is 0.158. The Morgan fingerprint density at radius 2 is 1.39 bits per heavy atom. The summed E-state index contributed by atoms with van der Waals surface area (Å²) in [6.45, 7) is 17.7. The molecule has 0 radical (unpaired) electrons. The van der Waals surface area contributed by atoms with E-state index >= 15 is 0 Å². The van der Waals surface area contributed by atoms with E-state index in [1.54, 1.807) is 0 Å². The molecule has 0 fully saturated rings. The summed E-state index contributed by atoms with van der Waals surface area (Å²) in [6, 6.07) is 41.1. The van der Waals surface area contributed by atoms with Crippen LogP contribution >= 0.6 is 0 Å². The van der Waals surface area contributed by atoms with Gasteiger partial charge in [0, 0.05) is 40.2 Å². The third-order valence-electron chi connectivity index (χ3n) is 10.5. The highest BCUT2D eigenvalue weighted by atomic mass is 16.5. The molecule has 3 heterocycles. The van der Waals surface area contributed by atoms with Gasteiger partial charge in [0.15, 0.2) is 0 Å². The highest BCUT2D eigenvalue weighted by Crippen LogP contribution is 2.42. The van der Waals surface area contributed by atoms with Crippen LogP contribution in [0.25, 0.3) is 55.7 Å². The molecule has 0 bridgehead atoms. The van der Waals surface area contributed by atoms with E-state index in [0.717, 1.165) is 69.4 Å². The SMILES string of the molecule is CCCc1ccnc(-n2c3ccccc3c3ccc(Oc4cc(-n5nc(C)c(-c6c(C)cc(C)cc6C)c5-c5ccccc5)cc(C(C)(C)C)c4)cc32)c1. The topological polar surface area (TPSA) is 44.9 Å². The van der Waals surface area contributed by atoms with Gasteiger partial charge >= 0.3 is 0 Å². The van der Waals surface area contributed by atoms with Crippen LogP contribution in [-0.2, 0) is 11.8 Å². The Morgan fingerprint density at radius 1 is 0.667 bits per heavy atom. The number of aryl methyl sites for hydroxylation is 5. The van der Waals surface area contributed by atoms with Crippen molar-refractivity contribution in [3.05, 3.63) is 155 Å². The summed E-state index contributed by atoms with van der Waals surface area (Å²) < 4.78 is 11.3. The number of fused-ring (bicyclic) bond motifs is 3. The maximum absolute atomic E-state index is 6.88. The van der Waals surface area contributed by atoms with Gasteiger partial charge in [-0.05, 0) is 110 Å². The number of pyridine rings is 1. The molecule has 3 aromatic heterocycles. The van der Waals surface area contributed by atoms with E-state index in [4.69, 9.17) is 14.8 Å². The van der Waals surface area contributed by atoms with Crippen molar-refractivity contribution in [2.45, 2.75) is 73.6 Å². The first-order valence-corrected chi connectivity index (χ1v) is 19.1. The van der Waals surface area contributed by atoms with E-state index in [1.807, 2.05) is 6.20 Å². The Balaban J connectivity index is 1.30. The van der Waals surface area contributed by atoms with Gasteiger partial charge in [-0.3, -0.25) is 4.57 Å². The van der Waals surface area contributed by atoms with Crippen LogP contribution in [0, 0.1) is 27.7 Å². The van der Waals surface area contributed by atoms with Crippen LogP contribution in [0.2, 0.25) is 0 Å². The summed E-state index contributed by atoms with van der Waals surface area (Å²) in [5, 5.41) is 7.65. The zero-order chi connectivity index (χ0) is 37.7. The minimum absolute atomic E-state index is 0.137. The maximum Gasteiger partial charge on any atom is 0.137 e. The molecule has 0 atom stereocenters. The second-order valence-electron chi connectivity index (χ2n) is 15.7. The van der Waals surface area contributed by atoms with Crippen LogP contribution in [0.15, 0.2) is 121 Å². The highest BCUT2D eigenvalue weighted by molar-refractivity contribution is 6.09. The van der Waals surface area contributed by atoms with Crippen molar-refractivity contribution in [2.75, 3.05) is 0 Å². The molecule has 0 saturated heterocycles. The smallest absolute Gasteiger partial charge is 0.137 e. The Morgan fingerprint density at radius 3 is 2.13 bits per heavy atom. The van der Waals surface area contributed by atoms with Crippen LogP contribution in [-0.4, -0.2) is 19.3 Å². The summed E-state index contributed by atoms with van der Waals surface area (Å²) in [5.74, 6) is 2.44. The van der Waals surface area contributed by atoms with E-state index < -0.39 is 0 Å². The Hall–Kier alpha value is -5.94. The lowest BCUT2D eigenvalue weighted by Crippen LogP contribution is -2.12. The fraction of sp³-hybridized carbons (Fsp3) is 0.224. The predicted molar refractivity (Wildman–Crippen MR) is 225 cm³/mol. The number of nitrogens with zero attached hydrogens (tertiary/aromatic N) is 4. The molecule has 8 aromatic rings. The lowest BCUT2D eigenvalue weighted by atomic mass is 9.86. The Kier molecular flexibility index (Phi) is 8.97. The molecule has 8 rings (SSSR count). The van der Waals surface area contributed by atoms with Crippen molar-refractivity contribution in [1.29, 1.82) is 0 Å². The van der Waals surface area contributed by atoms with E-state index in [9.17, 15) is 0 Å². The van der Waals surface area contributed by atoms with Crippen LogP contribution in [0.5, 0.6) is 11.5 Å². The first-order valence-electron chi connectivity index (χ1n) is 19.1. The van der Waals surface area contributed by atoms with Gasteiger partial charge in [0.1, 0.15) is 17.3 Å². The number of hydrogen-bond donors (Lipinski definition) is 0. The number of rotatable bonds is 8. The van der Waals surface area contributed by atoms with Gasteiger partial charge in [-0.25, -0.2) is 9.67 Å². The van der Waals surface area contributed by atoms with E-state index in [1.165, 1.54) is 44.2 Å². The molecular formula is C49H48N4O. The largest absolute Gasteiger partial charge is 0.457 e. The van der Waals surface area contributed by atoms with Crippen molar-refractivity contribution in [3.63, 3.8) is 0 Å². The second-order valence-corrected chi connectivity index (χ2v) is 15.7. The van der Waals surface area contributed by atoms with E-state index in [0.29, 0.717) is 0 Å². The molecule has 0 saturated carbocycles. The van der Waals surface area contributed by atoms with Gasteiger partial charge in [-0.1, -0.05) is 100 Å². The van der Waals surface area contributed by atoms with Crippen LogP contribution in [0.3, 0.4) is 0 Å². The van der Waals surface area contributed by atoms with Crippen molar-refractivity contribution in [1.82, 2.24) is 19.3 Å². The Labute approximate surface area is 318 Å². The van der Waals surface area contributed by atoms with Gasteiger partial charge in [0.2, 0.25) is 0 Å². The molecular weight excluding hydrogens is 661 g/mol. The first kappa shape index (κ1) is 35.1. The molecule has 0 aliphatic rings. The van der Waals surface area contributed by atoms with Crippen molar-refractivity contribution >= 4 is 21.8 Å². The van der Waals surface area contributed by atoms with Gasteiger partial charge < -0.3 is 4.74 Å². The molecule has 5 nitrogen and oxygen atoms in total. The lowest BCUT2D eigenvalue weighted by Gasteiger charge is -2.22. The minimum Gasteiger partial charge on any atom is -0.457 e. The van der Waals surface area contributed by atoms with Crippen molar-refractivity contribution < 1.29 is 4.74 Å². The van der Waals surface area contributed by atoms with Gasteiger partial charge in [-0.2, -0.15) is 5.10 Å². The third-order valence-corrected chi connectivity index (χ3v) is 10.5. The first-order chi connectivity index (χ1) is 26.0. The summed E-state index contributed by atoms with van der Waals surface area (Å²) in [7, 11) is 0. The third kappa shape index (κ3) is 6.38. The van der Waals surface area contributed by atoms with Gasteiger partial charge in [0.05, 0.1) is 28.1 Å². The molecule has 5 aromatic carbocycles. The molecule has 0 spiro atoms. The highest BCUT2D eigenvalue weighted by Gasteiger charge is 2.25. The summed E-state index contributed by atoms with van der Waals surface area (Å²) >= 11 is 0. The maximum atomic E-state index is 6.88. The minimum atomic E-state index is -0.137. The number of aromatic nitrogens is 4. The number of hydrogen-bond acceptors (Lipinski definition) is 3. The fourth-order valence-corrected chi connectivity index (χ4v) is 8.07. The molecule has 0 aliphatic heterocycles. The van der Waals surface area contributed by atoms with Crippen LogP contribution in [0.1, 0.15) is 67.6 Å². The van der Waals surface area contributed by atoms with E-state index in [-0.39, 0.29) is 5.41 Å². The van der Waals surface area contributed by atoms with Gasteiger partial charge in [0.25, 0.3) is 0 Å². The number of ether oxygens (including phenoxy) is 1. The molecule has 270 valence electrons. The molecule has 54 heavy (non-hydrogen) atoms. The zero-order valence-electron chi connectivity index (χ0n) is 32.7. The average Bonchev–Trinajstić information content (AvgIpc) is 3.65. The molecule has 0 amide bonds. The van der Waals surface area contributed by atoms with E-state index in [2.05, 4.69) is 180 Å². The monoisotopic (exact) mass is 708 g/mol. The van der Waals surface area contributed by atoms with Gasteiger partial charge in [-0.15, -0.1) is 0 Å².